The monoisotopic (exact) mass is 332 g/mol. The molecule has 112 valence electrons. The highest BCUT2D eigenvalue weighted by Crippen LogP contribution is 2.34. The summed E-state index contributed by atoms with van der Waals surface area (Å²) in [6.45, 7) is 0. The standard InChI is InChI=1S/C13H12N6OS2/c14-11-17-13(19-18-11)22-9(8-4-2-1-3-5-8)10(20)16-12-15-6-7-21-12/h1-7,9H,(H,15,16,20)(H3,14,17,18,19)/t9-/m1/s1. The number of carbonyl (C=O) groups excluding carboxylic acids is 1. The molecule has 2 aromatic heterocycles. The maximum Gasteiger partial charge on any atom is 0.244 e. The molecule has 0 unspecified atom stereocenters. The van der Waals surface area contributed by atoms with Gasteiger partial charge in [0.25, 0.3) is 0 Å². The molecule has 1 amide bonds. The van der Waals surface area contributed by atoms with Crippen LogP contribution in [0.4, 0.5) is 11.1 Å². The van der Waals surface area contributed by atoms with Gasteiger partial charge in [-0.3, -0.25) is 4.79 Å². The van der Waals surface area contributed by atoms with E-state index < -0.39 is 5.25 Å². The van der Waals surface area contributed by atoms with Crippen LogP contribution in [0.25, 0.3) is 0 Å². The Morgan fingerprint density at radius 1 is 1.36 bits per heavy atom. The summed E-state index contributed by atoms with van der Waals surface area (Å²) in [5.41, 5.74) is 6.38. The topological polar surface area (TPSA) is 110 Å². The van der Waals surface area contributed by atoms with E-state index in [4.69, 9.17) is 5.73 Å². The van der Waals surface area contributed by atoms with Gasteiger partial charge in [0.05, 0.1) is 0 Å². The number of hydrogen-bond acceptors (Lipinski definition) is 7. The third-order valence-electron chi connectivity index (χ3n) is 2.71. The molecule has 0 saturated carbocycles. The molecule has 0 fully saturated rings. The Kier molecular flexibility index (Phi) is 4.35. The van der Waals surface area contributed by atoms with Crippen LogP contribution in [0.2, 0.25) is 0 Å². The largest absolute Gasteiger partial charge is 0.368 e. The van der Waals surface area contributed by atoms with Crippen LogP contribution in [0.5, 0.6) is 0 Å². The third kappa shape index (κ3) is 3.43. The molecule has 4 N–H and O–H groups in total. The van der Waals surface area contributed by atoms with Crippen LogP contribution in [-0.2, 0) is 4.79 Å². The molecule has 7 nitrogen and oxygen atoms in total. The summed E-state index contributed by atoms with van der Waals surface area (Å²) in [5.74, 6) is 0.0316. The van der Waals surface area contributed by atoms with E-state index >= 15 is 0 Å². The lowest BCUT2D eigenvalue weighted by Crippen LogP contribution is -2.19. The first kappa shape index (κ1) is 14.5. The Bertz CT molecular complexity index is 743. The summed E-state index contributed by atoms with van der Waals surface area (Å²) in [5, 5.41) is 11.6. The van der Waals surface area contributed by atoms with Crippen molar-refractivity contribution < 1.29 is 4.79 Å². The van der Waals surface area contributed by atoms with Crippen LogP contribution >= 0.6 is 23.1 Å². The highest BCUT2D eigenvalue weighted by molar-refractivity contribution is 8.00. The molecule has 1 atom stereocenters. The zero-order valence-corrected chi connectivity index (χ0v) is 12.9. The number of nitrogens with one attached hydrogen (secondary N) is 2. The number of nitrogens with two attached hydrogens (primary N) is 1. The van der Waals surface area contributed by atoms with E-state index in [0.717, 1.165) is 5.56 Å². The number of nitrogens with zero attached hydrogens (tertiary/aromatic N) is 3. The first-order valence-corrected chi connectivity index (χ1v) is 8.08. The molecule has 0 bridgehead atoms. The maximum atomic E-state index is 12.6. The van der Waals surface area contributed by atoms with Crippen LogP contribution < -0.4 is 11.1 Å². The molecule has 22 heavy (non-hydrogen) atoms. The van der Waals surface area contributed by atoms with E-state index in [9.17, 15) is 4.79 Å². The SMILES string of the molecule is Nc1nc(S[C@@H](C(=O)Nc2nccs2)c2ccccc2)n[nH]1. The molecule has 9 heteroatoms. The number of H-pyrrole nitrogens is 1. The maximum absolute atomic E-state index is 12.6. The summed E-state index contributed by atoms with van der Waals surface area (Å²) >= 11 is 2.59. The zero-order valence-electron chi connectivity index (χ0n) is 11.3. The summed E-state index contributed by atoms with van der Waals surface area (Å²) in [6, 6.07) is 9.43. The second-order valence-electron chi connectivity index (χ2n) is 4.24. The zero-order chi connectivity index (χ0) is 15.4. The first-order chi connectivity index (χ1) is 10.7. The smallest absolute Gasteiger partial charge is 0.244 e. The van der Waals surface area contributed by atoms with Crippen LogP contribution in [0, 0.1) is 0 Å². The van der Waals surface area contributed by atoms with Crippen molar-refractivity contribution in [2.24, 2.45) is 0 Å². The number of rotatable bonds is 5. The first-order valence-electron chi connectivity index (χ1n) is 6.32. The quantitative estimate of drug-likeness (QED) is 0.619. The van der Waals surface area contributed by atoms with Crippen molar-refractivity contribution in [2.45, 2.75) is 10.4 Å². The van der Waals surface area contributed by atoms with Gasteiger partial charge in [-0.15, -0.1) is 16.4 Å². The summed E-state index contributed by atoms with van der Waals surface area (Å²) < 4.78 is 0. The van der Waals surface area contributed by atoms with Crippen LogP contribution in [0.15, 0.2) is 47.1 Å². The predicted octanol–water partition coefficient (Wildman–Crippen LogP) is 2.32. The number of nitrogen functional groups attached to an aromatic ring is 1. The van der Waals surface area contributed by atoms with Gasteiger partial charge in [-0.25, -0.2) is 10.1 Å². The normalized spacial score (nSPS) is 12.0. The summed E-state index contributed by atoms with van der Waals surface area (Å²) in [4.78, 5) is 20.7. The second kappa shape index (κ2) is 6.58. The van der Waals surface area contributed by atoms with Crippen molar-refractivity contribution in [1.82, 2.24) is 20.2 Å². The van der Waals surface area contributed by atoms with Gasteiger partial charge in [-0.2, -0.15) is 4.98 Å². The number of thioether (sulfide) groups is 1. The fraction of sp³-hybridized carbons (Fsp3) is 0.0769. The molecule has 0 radical (unpaired) electrons. The number of anilines is 2. The van der Waals surface area contributed by atoms with Crippen LogP contribution in [-0.4, -0.2) is 26.1 Å². The highest BCUT2D eigenvalue weighted by Gasteiger charge is 2.24. The number of carbonyl (C=O) groups is 1. The molecule has 0 aliphatic carbocycles. The Morgan fingerprint density at radius 3 is 2.82 bits per heavy atom. The molecule has 1 aromatic carbocycles. The van der Waals surface area contributed by atoms with E-state index in [1.54, 1.807) is 11.6 Å². The number of benzene rings is 1. The van der Waals surface area contributed by atoms with E-state index in [0.29, 0.717) is 10.3 Å². The fourth-order valence-electron chi connectivity index (χ4n) is 1.77. The summed E-state index contributed by atoms with van der Waals surface area (Å²) in [6.07, 6.45) is 1.64. The molecule has 0 spiro atoms. The highest BCUT2D eigenvalue weighted by atomic mass is 32.2. The van der Waals surface area contributed by atoms with Crippen LogP contribution in [0.3, 0.4) is 0 Å². The minimum atomic E-state index is -0.500. The Labute approximate surface area is 134 Å². The molecule has 0 aliphatic rings. The lowest BCUT2D eigenvalue weighted by Gasteiger charge is -2.14. The van der Waals surface area contributed by atoms with Gasteiger partial charge >= 0.3 is 0 Å². The number of aromatic nitrogens is 4. The lowest BCUT2D eigenvalue weighted by atomic mass is 10.1. The minimum Gasteiger partial charge on any atom is -0.368 e. The molecular formula is C13H12N6OS2. The van der Waals surface area contributed by atoms with Crippen LogP contribution in [0.1, 0.15) is 10.8 Å². The van der Waals surface area contributed by atoms with Crippen molar-refractivity contribution >= 4 is 40.1 Å². The third-order valence-corrected chi connectivity index (χ3v) is 4.51. The molecular weight excluding hydrogens is 320 g/mol. The molecule has 0 saturated heterocycles. The van der Waals surface area contributed by atoms with Gasteiger partial charge in [0.15, 0.2) is 5.13 Å². The van der Waals surface area contributed by atoms with E-state index in [2.05, 4.69) is 25.5 Å². The fourth-order valence-corrected chi connectivity index (χ4v) is 3.22. The molecule has 0 aliphatic heterocycles. The number of hydrogen-bond donors (Lipinski definition) is 3. The van der Waals surface area contributed by atoms with Gasteiger partial charge in [0.1, 0.15) is 5.25 Å². The van der Waals surface area contributed by atoms with E-state index in [-0.39, 0.29) is 11.9 Å². The van der Waals surface area contributed by atoms with E-state index in [1.807, 2.05) is 30.3 Å². The van der Waals surface area contributed by atoms with Crippen molar-refractivity contribution in [3.8, 4) is 0 Å². The van der Waals surface area contributed by atoms with Gasteiger partial charge in [0, 0.05) is 11.6 Å². The molecule has 3 rings (SSSR count). The molecule has 2 heterocycles. The Balaban J connectivity index is 1.83. The van der Waals surface area contributed by atoms with Gasteiger partial charge in [0.2, 0.25) is 17.0 Å². The second-order valence-corrected chi connectivity index (χ2v) is 6.21. The lowest BCUT2D eigenvalue weighted by molar-refractivity contribution is -0.115. The predicted molar refractivity (Wildman–Crippen MR) is 86.6 cm³/mol. The van der Waals surface area contributed by atoms with Gasteiger partial charge < -0.3 is 11.1 Å². The van der Waals surface area contributed by atoms with Gasteiger partial charge in [-0.05, 0) is 5.56 Å². The van der Waals surface area contributed by atoms with Crippen molar-refractivity contribution in [2.75, 3.05) is 11.1 Å². The average Bonchev–Trinajstić information content (AvgIpc) is 3.17. The van der Waals surface area contributed by atoms with Crippen molar-refractivity contribution in [3.05, 3.63) is 47.5 Å². The van der Waals surface area contributed by atoms with Crippen molar-refractivity contribution in [3.63, 3.8) is 0 Å². The average molecular weight is 332 g/mol. The van der Waals surface area contributed by atoms with E-state index in [1.165, 1.54) is 23.1 Å². The number of thiazole rings is 1. The number of aromatic amines is 1. The number of amides is 1. The minimum absolute atomic E-state index is 0.186. The Hall–Kier alpha value is -2.39. The Morgan fingerprint density at radius 2 is 2.18 bits per heavy atom. The summed E-state index contributed by atoms with van der Waals surface area (Å²) in [7, 11) is 0. The van der Waals surface area contributed by atoms with Crippen molar-refractivity contribution in [1.29, 1.82) is 0 Å². The molecule has 3 aromatic rings. The van der Waals surface area contributed by atoms with Gasteiger partial charge in [-0.1, -0.05) is 42.1 Å².